The molecular weight excluding hydrogens is 196 g/mol. The molecule has 0 bridgehead atoms. The van der Waals surface area contributed by atoms with Gasteiger partial charge in [0.25, 0.3) is 0 Å². The molecule has 15 heavy (non-hydrogen) atoms. The molecule has 5 nitrogen and oxygen atoms in total. The van der Waals surface area contributed by atoms with E-state index < -0.39 is 0 Å². The minimum absolute atomic E-state index is 0.0250. The maximum absolute atomic E-state index is 11.9. The fourth-order valence-corrected chi connectivity index (χ4v) is 3.20. The molecular formula is C10H14N2O3. The van der Waals surface area contributed by atoms with Crippen LogP contribution in [0.5, 0.6) is 0 Å². The average molecular weight is 210 g/mol. The molecule has 0 aromatic carbocycles. The molecule has 82 valence electrons. The first-order valence-corrected chi connectivity index (χ1v) is 5.34. The number of aliphatic hydroxyl groups excluding tert-OH is 1. The van der Waals surface area contributed by atoms with Crippen molar-refractivity contribution in [2.75, 3.05) is 13.2 Å². The summed E-state index contributed by atoms with van der Waals surface area (Å²) in [6, 6.07) is -0.480. The SMILES string of the molecule is CC1N[C@]23C[C@H]2C(=O)N(CCO)[C@@H]3C1=O. The van der Waals surface area contributed by atoms with Crippen LogP contribution in [-0.2, 0) is 9.59 Å². The van der Waals surface area contributed by atoms with Crippen molar-refractivity contribution in [1.29, 1.82) is 0 Å². The number of β-amino-alcohol motifs (C(OH)–C–C–N with tert-alkyl or cyclic N) is 1. The number of carbonyl (C=O) groups is 2. The minimum atomic E-state index is -0.322. The highest BCUT2D eigenvalue weighted by atomic mass is 16.3. The predicted octanol–water partition coefficient (Wildman–Crippen LogP) is -1.49. The molecule has 3 fully saturated rings. The Balaban J connectivity index is 1.95. The van der Waals surface area contributed by atoms with Crippen LogP contribution in [-0.4, -0.2) is 52.5 Å². The first kappa shape index (κ1) is 9.30. The fraction of sp³-hybridized carbons (Fsp3) is 0.800. The zero-order chi connectivity index (χ0) is 10.8. The van der Waals surface area contributed by atoms with Crippen molar-refractivity contribution in [3.05, 3.63) is 0 Å². The van der Waals surface area contributed by atoms with Crippen LogP contribution in [0.25, 0.3) is 0 Å². The van der Waals surface area contributed by atoms with E-state index >= 15 is 0 Å². The third-order valence-electron chi connectivity index (χ3n) is 3.91. The molecule has 1 spiro atoms. The smallest absolute Gasteiger partial charge is 0.228 e. The lowest BCUT2D eigenvalue weighted by Gasteiger charge is -2.25. The van der Waals surface area contributed by atoms with E-state index in [1.807, 2.05) is 6.92 Å². The number of likely N-dealkylation sites (tertiary alicyclic amines) is 1. The van der Waals surface area contributed by atoms with Gasteiger partial charge in [0.1, 0.15) is 6.04 Å². The number of hydrogen-bond acceptors (Lipinski definition) is 4. The topological polar surface area (TPSA) is 69.6 Å². The summed E-state index contributed by atoms with van der Waals surface area (Å²) >= 11 is 0. The Morgan fingerprint density at radius 3 is 3.00 bits per heavy atom. The second-order valence-corrected chi connectivity index (χ2v) is 4.72. The number of nitrogens with one attached hydrogen (secondary N) is 1. The van der Waals surface area contributed by atoms with Gasteiger partial charge in [0.15, 0.2) is 5.78 Å². The number of Topliss-reactive ketones (excluding diaryl/α,β-unsaturated/α-hetero) is 1. The summed E-state index contributed by atoms with van der Waals surface area (Å²) in [6.07, 6.45) is 0.786. The largest absolute Gasteiger partial charge is 0.395 e. The summed E-state index contributed by atoms with van der Waals surface area (Å²) in [6.45, 7) is 2.04. The Kier molecular flexibility index (Phi) is 1.61. The fourth-order valence-electron chi connectivity index (χ4n) is 3.20. The van der Waals surface area contributed by atoms with Crippen LogP contribution >= 0.6 is 0 Å². The van der Waals surface area contributed by atoms with Gasteiger partial charge in [-0.05, 0) is 13.3 Å². The van der Waals surface area contributed by atoms with E-state index in [4.69, 9.17) is 5.11 Å². The lowest BCUT2D eigenvalue weighted by molar-refractivity contribution is -0.136. The number of piperidine rings is 1. The highest BCUT2D eigenvalue weighted by Gasteiger charge is 2.76. The normalized spacial score (nSPS) is 47.1. The second-order valence-electron chi connectivity index (χ2n) is 4.72. The summed E-state index contributed by atoms with van der Waals surface area (Å²) in [7, 11) is 0. The summed E-state index contributed by atoms with van der Waals surface area (Å²) in [5.74, 6) is 0.0987. The Labute approximate surface area is 87.4 Å². The van der Waals surface area contributed by atoms with Crippen molar-refractivity contribution in [1.82, 2.24) is 10.2 Å². The van der Waals surface area contributed by atoms with Crippen LogP contribution in [0.3, 0.4) is 0 Å². The number of hydrogen-bond donors (Lipinski definition) is 2. The quantitative estimate of drug-likeness (QED) is 0.582. The molecule has 1 saturated carbocycles. The summed E-state index contributed by atoms with van der Waals surface area (Å²) in [4.78, 5) is 25.3. The first-order valence-electron chi connectivity index (χ1n) is 5.34. The van der Waals surface area contributed by atoms with Gasteiger partial charge >= 0.3 is 0 Å². The van der Waals surface area contributed by atoms with Crippen LogP contribution in [0.2, 0.25) is 0 Å². The van der Waals surface area contributed by atoms with Crippen LogP contribution < -0.4 is 5.32 Å². The third kappa shape index (κ3) is 0.903. The summed E-state index contributed by atoms with van der Waals surface area (Å²) < 4.78 is 0. The highest BCUT2D eigenvalue weighted by molar-refractivity contribution is 6.03. The number of carbonyl (C=O) groups excluding carboxylic acids is 2. The maximum atomic E-state index is 11.9. The zero-order valence-corrected chi connectivity index (χ0v) is 8.56. The van der Waals surface area contributed by atoms with E-state index in [9.17, 15) is 9.59 Å². The number of amides is 1. The number of ketones is 1. The molecule has 5 heteroatoms. The van der Waals surface area contributed by atoms with E-state index in [1.54, 1.807) is 4.90 Å². The van der Waals surface area contributed by atoms with Crippen molar-refractivity contribution >= 4 is 11.7 Å². The standard InChI is InChI=1S/C10H14N2O3/c1-5-7(14)8-10(11-5)4-6(10)9(15)12(8)2-3-13/h5-6,8,11,13H,2-4H2,1H3/t5?,6-,8+,10+/m0/s1. The molecule has 1 aliphatic carbocycles. The monoisotopic (exact) mass is 210 g/mol. The lowest BCUT2D eigenvalue weighted by atomic mass is 10.1. The predicted molar refractivity (Wildman–Crippen MR) is 51.0 cm³/mol. The lowest BCUT2D eigenvalue weighted by Crippen LogP contribution is -2.46. The number of nitrogens with zero attached hydrogens (tertiary/aromatic N) is 1. The van der Waals surface area contributed by atoms with Gasteiger partial charge in [-0.15, -0.1) is 0 Å². The van der Waals surface area contributed by atoms with Crippen LogP contribution in [0.15, 0.2) is 0 Å². The molecule has 3 aliphatic rings. The molecule has 0 radical (unpaired) electrons. The van der Waals surface area contributed by atoms with Crippen molar-refractivity contribution in [2.24, 2.45) is 5.92 Å². The Morgan fingerprint density at radius 2 is 2.33 bits per heavy atom. The van der Waals surface area contributed by atoms with E-state index in [0.29, 0.717) is 0 Å². The van der Waals surface area contributed by atoms with E-state index in [-0.39, 0.29) is 48.4 Å². The first-order chi connectivity index (χ1) is 7.12. The number of aliphatic hydroxyl groups is 1. The molecule has 1 amide bonds. The van der Waals surface area contributed by atoms with E-state index in [1.165, 1.54) is 0 Å². The van der Waals surface area contributed by atoms with Crippen molar-refractivity contribution in [2.45, 2.75) is 31.0 Å². The third-order valence-corrected chi connectivity index (χ3v) is 3.91. The molecule has 2 saturated heterocycles. The number of rotatable bonds is 2. The van der Waals surface area contributed by atoms with Crippen LogP contribution in [0.1, 0.15) is 13.3 Å². The molecule has 2 heterocycles. The molecule has 2 aliphatic heterocycles. The molecule has 3 rings (SSSR count). The van der Waals surface area contributed by atoms with Gasteiger partial charge in [-0.3, -0.25) is 14.9 Å². The highest BCUT2D eigenvalue weighted by Crippen LogP contribution is 2.57. The molecule has 1 unspecified atom stereocenters. The Morgan fingerprint density at radius 1 is 1.60 bits per heavy atom. The van der Waals surface area contributed by atoms with E-state index in [0.717, 1.165) is 6.42 Å². The van der Waals surface area contributed by atoms with Gasteiger partial charge in [0.2, 0.25) is 5.91 Å². The van der Waals surface area contributed by atoms with Gasteiger partial charge in [0.05, 0.1) is 24.1 Å². The Bertz CT molecular complexity index is 357. The van der Waals surface area contributed by atoms with Gasteiger partial charge in [-0.2, -0.15) is 0 Å². The van der Waals surface area contributed by atoms with Gasteiger partial charge in [0, 0.05) is 6.54 Å². The van der Waals surface area contributed by atoms with Gasteiger partial charge in [-0.1, -0.05) is 0 Å². The average Bonchev–Trinajstić information content (AvgIpc) is 2.78. The second kappa shape index (κ2) is 2.59. The molecule has 4 atom stereocenters. The Hall–Kier alpha value is -0.940. The van der Waals surface area contributed by atoms with Crippen molar-refractivity contribution in [3.8, 4) is 0 Å². The van der Waals surface area contributed by atoms with Crippen molar-refractivity contribution in [3.63, 3.8) is 0 Å². The van der Waals surface area contributed by atoms with Crippen LogP contribution in [0, 0.1) is 5.92 Å². The summed E-state index contributed by atoms with van der Waals surface area (Å²) in [5, 5.41) is 12.1. The zero-order valence-electron chi connectivity index (χ0n) is 8.56. The van der Waals surface area contributed by atoms with Crippen LogP contribution in [0.4, 0.5) is 0 Å². The maximum Gasteiger partial charge on any atom is 0.228 e. The van der Waals surface area contributed by atoms with Gasteiger partial charge < -0.3 is 10.0 Å². The molecule has 0 aromatic heterocycles. The minimum Gasteiger partial charge on any atom is -0.395 e. The van der Waals surface area contributed by atoms with E-state index in [2.05, 4.69) is 5.32 Å². The van der Waals surface area contributed by atoms with Gasteiger partial charge in [-0.25, -0.2) is 0 Å². The molecule has 2 N–H and O–H groups in total. The van der Waals surface area contributed by atoms with Crippen molar-refractivity contribution < 1.29 is 14.7 Å². The molecule has 0 aromatic rings. The summed E-state index contributed by atoms with van der Waals surface area (Å²) in [5.41, 5.74) is -0.275.